The lowest BCUT2D eigenvalue weighted by Gasteiger charge is -2.02. The van der Waals surface area contributed by atoms with Crippen molar-refractivity contribution in [1.82, 2.24) is 9.97 Å². The van der Waals surface area contributed by atoms with Crippen molar-refractivity contribution in [2.45, 2.75) is 57.4 Å². The molecule has 50 heavy (non-hydrogen) atoms. The Hall–Kier alpha value is -5.88. The molecule has 0 N–H and O–H groups in total. The summed E-state index contributed by atoms with van der Waals surface area (Å²) in [6.07, 6.45) is 6.72. The molecule has 8 rings (SSSR count). The zero-order valence-corrected chi connectivity index (χ0v) is 26.5. The van der Waals surface area contributed by atoms with Crippen LogP contribution in [-0.2, 0) is 0 Å². The van der Waals surface area contributed by atoms with Gasteiger partial charge in [0.1, 0.15) is 0 Å². The standard InChI is InChI=1S/2C10H9NO.2C10H9N.4CH4/c1-8-4-2-6-10-9(8)5-3-7-11(10)12;1-8-6-7-11(12)10-5-3-2-4-9(8)10;1-8-4-2-6-10-9(8)5-3-7-11-10;1-8-6-7-11-10-5-3-2-4-9(8)10;;;;/h2*2-7H,1H3;2*2-7H,1H3;4*1H4. The minimum Gasteiger partial charge on any atom is -0.618 e. The van der Waals surface area contributed by atoms with E-state index in [9.17, 15) is 10.4 Å². The summed E-state index contributed by atoms with van der Waals surface area (Å²) in [5.74, 6) is 0. The zero-order valence-electron chi connectivity index (χ0n) is 26.5. The fourth-order valence-corrected chi connectivity index (χ4v) is 5.22. The number of nitrogens with zero attached hydrogens (tertiary/aromatic N) is 4. The van der Waals surface area contributed by atoms with E-state index >= 15 is 0 Å². The quantitative estimate of drug-likeness (QED) is 0.119. The van der Waals surface area contributed by atoms with Gasteiger partial charge in [-0.2, -0.15) is 9.46 Å². The molecule has 0 amide bonds. The molecule has 6 heteroatoms. The summed E-state index contributed by atoms with van der Waals surface area (Å²) in [5.41, 5.74) is 8.47. The first kappa shape index (κ1) is 42.1. The van der Waals surface area contributed by atoms with Crippen molar-refractivity contribution in [3.8, 4) is 0 Å². The smallest absolute Gasteiger partial charge is 0.223 e. The van der Waals surface area contributed by atoms with E-state index in [0.717, 1.165) is 53.4 Å². The molecule has 0 aliphatic carbocycles. The SMILES string of the molecule is C.C.C.C.Cc1cc[n+]([O-])c2ccccc12.Cc1cccc2c1ccc[n+]2[O-].Cc1cccc2ncccc12.Cc1ccnc2ccccc12. The average molecular weight is 669 g/mol. The van der Waals surface area contributed by atoms with E-state index in [4.69, 9.17) is 0 Å². The summed E-state index contributed by atoms with van der Waals surface area (Å²) in [7, 11) is 0. The fourth-order valence-electron chi connectivity index (χ4n) is 5.22. The zero-order chi connectivity index (χ0) is 32.5. The van der Waals surface area contributed by atoms with Crippen LogP contribution in [0.1, 0.15) is 52.0 Å². The van der Waals surface area contributed by atoms with Crippen molar-refractivity contribution in [2.24, 2.45) is 0 Å². The summed E-state index contributed by atoms with van der Waals surface area (Å²) in [5, 5.41) is 27.0. The minimum absolute atomic E-state index is 0. The number of hydrogen-bond donors (Lipinski definition) is 0. The van der Waals surface area contributed by atoms with Gasteiger partial charge in [-0.1, -0.05) is 90.4 Å². The molecular formula is C44H52N4O2. The Balaban J connectivity index is 0.000000325. The highest BCUT2D eigenvalue weighted by Gasteiger charge is 2.04. The van der Waals surface area contributed by atoms with E-state index in [2.05, 4.69) is 42.0 Å². The Morgan fingerprint density at radius 3 is 1.44 bits per heavy atom. The van der Waals surface area contributed by atoms with Crippen LogP contribution in [0, 0.1) is 38.1 Å². The molecular weight excluding hydrogens is 617 g/mol. The second kappa shape index (κ2) is 19.8. The molecule has 0 unspecified atom stereocenters. The van der Waals surface area contributed by atoms with Crippen molar-refractivity contribution in [2.75, 3.05) is 0 Å². The number of hydrogen-bond acceptors (Lipinski definition) is 4. The van der Waals surface area contributed by atoms with Gasteiger partial charge in [-0.25, -0.2) is 0 Å². The van der Waals surface area contributed by atoms with Gasteiger partial charge in [-0.3, -0.25) is 9.97 Å². The molecule has 0 saturated carbocycles. The third-order valence-corrected chi connectivity index (χ3v) is 7.78. The molecule has 0 bridgehead atoms. The van der Waals surface area contributed by atoms with Gasteiger partial charge >= 0.3 is 0 Å². The molecule has 0 radical (unpaired) electrons. The molecule has 260 valence electrons. The molecule has 4 heterocycles. The van der Waals surface area contributed by atoms with Crippen LogP contribution in [0.2, 0.25) is 0 Å². The summed E-state index contributed by atoms with van der Waals surface area (Å²) in [6, 6.07) is 39.3. The Morgan fingerprint density at radius 2 is 0.800 bits per heavy atom. The van der Waals surface area contributed by atoms with E-state index < -0.39 is 0 Å². The third-order valence-electron chi connectivity index (χ3n) is 7.78. The molecule has 0 spiro atoms. The van der Waals surface area contributed by atoms with E-state index in [1.54, 1.807) is 6.07 Å². The van der Waals surface area contributed by atoms with Gasteiger partial charge in [0.2, 0.25) is 11.0 Å². The Morgan fingerprint density at radius 1 is 0.380 bits per heavy atom. The van der Waals surface area contributed by atoms with E-state index in [1.807, 2.05) is 123 Å². The van der Waals surface area contributed by atoms with Crippen molar-refractivity contribution in [1.29, 1.82) is 0 Å². The molecule has 0 saturated heterocycles. The third kappa shape index (κ3) is 10.1. The molecule has 8 aromatic rings. The first-order chi connectivity index (χ1) is 22.3. The molecule has 0 aliphatic rings. The lowest BCUT2D eigenvalue weighted by atomic mass is 10.1. The summed E-state index contributed by atoms with van der Waals surface area (Å²) in [4.78, 5) is 8.48. The van der Waals surface area contributed by atoms with E-state index in [0.29, 0.717) is 0 Å². The van der Waals surface area contributed by atoms with Crippen molar-refractivity contribution < 1.29 is 9.46 Å². The maximum Gasteiger partial charge on any atom is 0.223 e. The lowest BCUT2D eigenvalue weighted by molar-refractivity contribution is -0.577. The van der Waals surface area contributed by atoms with E-state index in [1.165, 1.54) is 34.3 Å². The highest BCUT2D eigenvalue weighted by atomic mass is 16.5. The van der Waals surface area contributed by atoms with Gasteiger partial charge < -0.3 is 10.4 Å². The van der Waals surface area contributed by atoms with Gasteiger partial charge in [0.05, 0.1) is 21.8 Å². The van der Waals surface area contributed by atoms with Crippen LogP contribution >= 0.6 is 0 Å². The van der Waals surface area contributed by atoms with Crippen molar-refractivity contribution in [3.63, 3.8) is 0 Å². The first-order valence-electron chi connectivity index (χ1n) is 15.1. The maximum atomic E-state index is 11.2. The number of aromatic nitrogens is 4. The molecule has 0 atom stereocenters. The second-order valence-corrected chi connectivity index (χ2v) is 11.0. The van der Waals surface area contributed by atoms with Crippen molar-refractivity contribution >= 4 is 43.6 Å². The number of para-hydroxylation sites is 2. The fraction of sp³-hybridized carbons (Fsp3) is 0.182. The van der Waals surface area contributed by atoms with Crippen LogP contribution < -0.4 is 9.46 Å². The summed E-state index contributed by atoms with van der Waals surface area (Å²) in [6.45, 7) is 8.21. The highest BCUT2D eigenvalue weighted by molar-refractivity contribution is 5.82. The Labute approximate surface area is 298 Å². The summed E-state index contributed by atoms with van der Waals surface area (Å²) >= 11 is 0. The number of aryl methyl sites for hydroxylation is 4. The largest absolute Gasteiger partial charge is 0.618 e. The normalized spacial score (nSPS) is 9.52. The molecule has 4 aromatic carbocycles. The van der Waals surface area contributed by atoms with Crippen LogP contribution in [0.3, 0.4) is 0 Å². The van der Waals surface area contributed by atoms with Gasteiger partial charge in [0, 0.05) is 47.4 Å². The number of rotatable bonds is 0. The molecule has 0 aliphatic heterocycles. The molecule has 4 aromatic heterocycles. The predicted molar refractivity (Wildman–Crippen MR) is 215 cm³/mol. The monoisotopic (exact) mass is 668 g/mol. The van der Waals surface area contributed by atoms with Gasteiger partial charge in [0.25, 0.3) is 0 Å². The predicted octanol–water partition coefficient (Wildman–Crippen LogP) is 11.2. The Kier molecular flexibility index (Phi) is 16.7. The Bertz CT molecular complexity index is 2040. The van der Waals surface area contributed by atoms with Crippen LogP contribution in [-0.4, -0.2) is 9.97 Å². The average Bonchev–Trinajstić information content (AvgIpc) is 3.09. The molecule has 6 nitrogen and oxygen atoms in total. The van der Waals surface area contributed by atoms with Gasteiger partial charge in [-0.15, -0.1) is 0 Å². The topological polar surface area (TPSA) is 79.7 Å². The van der Waals surface area contributed by atoms with Gasteiger partial charge in [-0.05, 0) is 86.3 Å². The van der Waals surface area contributed by atoms with Crippen molar-refractivity contribution in [3.05, 3.63) is 179 Å². The second-order valence-electron chi connectivity index (χ2n) is 11.0. The first-order valence-corrected chi connectivity index (χ1v) is 15.1. The summed E-state index contributed by atoms with van der Waals surface area (Å²) < 4.78 is 1.78. The van der Waals surface area contributed by atoms with Crippen LogP contribution in [0.5, 0.6) is 0 Å². The lowest BCUT2D eigenvalue weighted by Crippen LogP contribution is -2.26. The minimum atomic E-state index is 0. The molecule has 0 fully saturated rings. The number of pyridine rings is 4. The van der Waals surface area contributed by atoms with Crippen LogP contribution in [0.15, 0.2) is 146 Å². The van der Waals surface area contributed by atoms with Crippen LogP contribution in [0.25, 0.3) is 43.6 Å². The van der Waals surface area contributed by atoms with Crippen LogP contribution in [0.4, 0.5) is 0 Å². The number of fused-ring (bicyclic) bond motifs is 4. The highest BCUT2D eigenvalue weighted by Crippen LogP contribution is 2.16. The van der Waals surface area contributed by atoms with Gasteiger partial charge in [0.15, 0.2) is 12.4 Å². The van der Waals surface area contributed by atoms with E-state index in [-0.39, 0.29) is 29.7 Å². The maximum absolute atomic E-state index is 11.2. The number of benzene rings is 4.